The van der Waals surface area contributed by atoms with E-state index in [1.165, 1.54) is 12.0 Å². The Morgan fingerprint density at radius 2 is 1.70 bits per heavy atom. The Labute approximate surface area is 197 Å². The molecule has 7 heteroatoms. The van der Waals surface area contributed by atoms with Crippen LogP contribution in [-0.4, -0.2) is 64.1 Å². The maximum atomic E-state index is 12.7. The van der Waals surface area contributed by atoms with Gasteiger partial charge >= 0.3 is 0 Å². The Morgan fingerprint density at radius 1 is 1.00 bits per heavy atom. The van der Waals surface area contributed by atoms with Crippen LogP contribution < -0.4 is 5.32 Å². The minimum Gasteiger partial charge on any atom is -0.351 e. The largest absolute Gasteiger partial charge is 0.351 e. The van der Waals surface area contributed by atoms with Gasteiger partial charge in [0.1, 0.15) is 0 Å². The molecule has 7 nitrogen and oxygen atoms in total. The smallest absolute Gasteiger partial charge is 0.234 e. The van der Waals surface area contributed by atoms with Crippen LogP contribution in [0.3, 0.4) is 0 Å². The summed E-state index contributed by atoms with van der Waals surface area (Å²) in [7, 11) is 0. The number of aromatic nitrogens is 2. The van der Waals surface area contributed by atoms with Gasteiger partial charge in [-0.3, -0.25) is 19.2 Å². The van der Waals surface area contributed by atoms with Gasteiger partial charge in [0, 0.05) is 36.8 Å². The first kappa shape index (κ1) is 23.5. The summed E-state index contributed by atoms with van der Waals surface area (Å²) in [6, 6.07) is 10.3. The summed E-state index contributed by atoms with van der Waals surface area (Å²) in [4.78, 5) is 29.6. The van der Waals surface area contributed by atoms with E-state index in [9.17, 15) is 9.59 Å². The highest BCUT2D eigenvalue weighted by atomic mass is 16.2. The predicted octanol–water partition coefficient (Wildman–Crippen LogP) is 2.89. The minimum atomic E-state index is 0.0328. The lowest BCUT2D eigenvalue weighted by molar-refractivity contribution is -0.138. The highest BCUT2D eigenvalue weighted by molar-refractivity contribution is 5.79. The molecule has 2 amide bonds. The zero-order valence-electron chi connectivity index (χ0n) is 20.1. The summed E-state index contributed by atoms with van der Waals surface area (Å²) < 4.78 is 2.01. The molecule has 2 aromatic rings. The molecule has 2 aliphatic heterocycles. The monoisotopic (exact) mass is 451 g/mol. The number of carbonyl (C=O) groups is 2. The first-order chi connectivity index (χ1) is 16.0. The SMILES string of the molecule is Cc1nn(Cc2ccccc2)c(C)c1CNC(=O)CN1CCC(C(=O)N2CCCCC2)CC1. The van der Waals surface area contributed by atoms with E-state index in [1.807, 2.05) is 29.8 Å². The topological polar surface area (TPSA) is 70.5 Å². The molecule has 3 heterocycles. The van der Waals surface area contributed by atoms with E-state index in [0.717, 1.165) is 75.4 Å². The molecule has 178 valence electrons. The van der Waals surface area contributed by atoms with Crippen molar-refractivity contribution >= 4 is 11.8 Å². The van der Waals surface area contributed by atoms with Crippen LogP contribution in [0.15, 0.2) is 30.3 Å². The van der Waals surface area contributed by atoms with Crippen LogP contribution in [-0.2, 0) is 22.7 Å². The van der Waals surface area contributed by atoms with Gasteiger partial charge < -0.3 is 10.2 Å². The van der Waals surface area contributed by atoms with Crippen molar-refractivity contribution in [2.24, 2.45) is 5.92 Å². The number of hydrogen-bond acceptors (Lipinski definition) is 4. The molecule has 2 aliphatic rings. The standard InChI is InChI=1S/C26H37N5O2/c1-20-24(21(2)31(28-20)18-22-9-5-3-6-10-22)17-27-25(32)19-29-15-11-23(12-16-29)26(33)30-13-7-4-8-14-30/h3,5-6,9-10,23H,4,7-8,11-19H2,1-2H3,(H,27,32). The second-order valence-corrected chi connectivity index (χ2v) is 9.51. The van der Waals surface area contributed by atoms with Crippen molar-refractivity contribution in [3.05, 3.63) is 52.8 Å². The van der Waals surface area contributed by atoms with E-state index < -0.39 is 0 Å². The van der Waals surface area contributed by atoms with Crippen LogP contribution in [0.4, 0.5) is 0 Å². The molecule has 0 radical (unpaired) electrons. The quantitative estimate of drug-likeness (QED) is 0.703. The molecule has 4 rings (SSSR count). The summed E-state index contributed by atoms with van der Waals surface area (Å²) in [6.07, 6.45) is 5.22. The second kappa shape index (κ2) is 11.0. The zero-order chi connectivity index (χ0) is 23.2. The van der Waals surface area contributed by atoms with Gasteiger partial charge in [0.25, 0.3) is 0 Å². The number of carbonyl (C=O) groups excluding carboxylic acids is 2. The van der Waals surface area contributed by atoms with E-state index >= 15 is 0 Å². The van der Waals surface area contributed by atoms with E-state index in [1.54, 1.807) is 0 Å². The Morgan fingerprint density at radius 3 is 2.39 bits per heavy atom. The number of nitrogens with one attached hydrogen (secondary N) is 1. The number of amides is 2. The van der Waals surface area contributed by atoms with Gasteiger partial charge in [-0.05, 0) is 64.6 Å². The normalized spacial score (nSPS) is 17.8. The Kier molecular flexibility index (Phi) is 7.81. The molecule has 0 spiro atoms. The van der Waals surface area contributed by atoms with Gasteiger partial charge in [0.05, 0.1) is 18.8 Å². The average Bonchev–Trinajstić information content (AvgIpc) is 3.11. The fourth-order valence-corrected chi connectivity index (χ4v) is 5.06. The molecule has 1 N–H and O–H groups in total. The van der Waals surface area contributed by atoms with E-state index in [0.29, 0.717) is 19.0 Å². The Bertz CT molecular complexity index is 941. The number of hydrogen-bond donors (Lipinski definition) is 1. The summed E-state index contributed by atoms with van der Waals surface area (Å²) in [5.41, 5.74) is 4.35. The van der Waals surface area contributed by atoms with Gasteiger partial charge in [-0.2, -0.15) is 5.10 Å². The molecular weight excluding hydrogens is 414 g/mol. The molecule has 1 aromatic heterocycles. The maximum absolute atomic E-state index is 12.7. The van der Waals surface area contributed by atoms with Crippen LogP contribution >= 0.6 is 0 Å². The molecule has 0 bridgehead atoms. The first-order valence-corrected chi connectivity index (χ1v) is 12.4. The van der Waals surface area contributed by atoms with Crippen molar-refractivity contribution in [3.63, 3.8) is 0 Å². The average molecular weight is 452 g/mol. The lowest BCUT2D eigenvalue weighted by atomic mass is 9.94. The fraction of sp³-hybridized carbons (Fsp3) is 0.577. The molecule has 0 aliphatic carbocycles. The Balaban J connectivity index is 1.23. The lowest BCUT2D eigenvalue weighted by Gasteiger charge is -2.35. The number of piperidine rings is 2. The summed E-state index contributed by atoms with van der Waals surface area (Å²) in [5.74, 6) is 0.492. The molecule has 33 heavy (non-hydrogen) atoms. The highest BCUT2D eigenvalue weighted by Crippen LogP contribution is 2.22. The van der Waals surface area contributed by atoms with Crippen LogP contribution in [0.5, 0.6) is 0 Å². The first-order valence-electron chi connectivity index (χ1n) is 12.4. The van der Waals surface area contributed by atoms with Crippen LogP contribution in [0.2, 0.25) is 0 Å². The molecule has 2 fully saturated rings. The van der Waals surface area contributed by atoms with E-state index in [4.69, 9.17) is 0 Å². The third kappa shape index (κ3) is 6.02. The van der Waals surface area contributed by atoms with Crippen LogP contribution in [0.1, 0.15) is 54.6 Å². The highest BCUT2D eigenvalue weighted by Gasteiger charge is 2.29. The third-order valence-electron chi connectivity index (χ3n) is 7.14. The number of benzene rings is 1. The minimum absolute atomic E-state index is 0.0328. The molecular formula is C26H37N5O2. The van der Waals surface area contributed by atoms with Gasteiger partial charge in [0.15, 0.2) is 0 Å². The van der Waals surface area contributed by atoms with Gasteiger partial charge in [0.2, 0.25) is 11.8 Å². The zero-order valence-corrected chi connectivity index (χ0v) is 20.1. The van der Waals surface area contributed by atoms with Crippen LogP contribution in [0.25, 0.3) is 0 Å². The summed E-state index contributed by atoms with van der Waals surface area (Å²) >= 11 is 0. The van der Waals surface area contributed by atoms with Gasteiger partial charge in [-0.1, -0.05) is 30.3 Å². The maximum Gasteiger partial charge on any atom is 0.234 e. The number of aryl methyl sites for hydroxylation is 1. The number of nitrogens with zero attached hydrogens (tertiary/aromatic N) is 4. The predicted molar refractivity (Wildman–Crippen MR) is 129 cm³/mol. The summed E-state index contributed by atoms with van der Waals surface area (Å²) in [6.45, 7) is 9.14. The van der Waals surface area contributed by atoms with E-state index in [2.05, 4.69) is 39.3 Å². The van der Waals surface area contributed by atoms with E-state index in [-0.39, 0.29) is 11.8 Å². The van der Waals surface area contributed by atoms with Gasteiger partial charge in [-0.15, -0.1) is 0 Å². The van der Waals surface area contributed by atoms with Crippen molar-refractivity contribution in [3.8, 4) is 0 Å². The van der Waals surface area contributed by atoms with Crippen molar-refractivity contribution in [1.29, 1.82) is 0 Å². The summed E-state index contributed by atoms with van der Waals surface area (Å²) in [5, 5.41) is 7.76. The van der Waals surface area contributed by atoms with Crippen molar-refractivity contribution < 1.29 is 9.59 Å². The third-order valence-corrected chi connectivity index (χ3v) is 7.14. The van der Waals surface area contributed by atoms with Crippen molar-refractivity contribution in [2.45, 2.75) is 59.0 Å². The van der Waals surface area contributed by atoms with Crippen molar-refractivity contribution in [2.75, 3.05) is 32.7 Å². The lowest BCUT2D eigenvalue weighted by Crippen LogP contribution is -2.46. The molecule has 0 unspecified atom stereocenters. The van der Waals surface area contributed by atoms with Gasteiger partial charge in [-0.25, -0.2) is 0 Å². The molecule has 0 saturated carbocycles. The molecule has 2 saturated heterocycles. The van der Waals surface area contributed by atoms with Crippen molar-refractivity contribution in [1.82, 2.24) is 24.9 Å². The fourth-order valence-electron chi connectivity index (χ4n) is 5.06. The van der Waals surface area contributed by atoms with Crippen LogP contribution in [0, 0.1) is 19.8 Å². The number of rotatable bonds is 7. The Hall–Kier alpha value is -2.67. The molecule has 1 aromatic carbocycles. The number of likely N-dealkylation sites (tertiary alicyclic amines) is 2. The second-order valence-electron chi connectivity index (χ2n) is 9.51. The molecule has 0 atom stereocenters.